The van der Waals surface area contributed by atoms with Gasteiger partial charge in [0.25, 0.3) is 0 Å². The molecule has 7 heteroatoms. The van der Waals surface area contributed by atoms with Crippen LogP contribution in [0.5, 0.6) is 0 Å². The highest BCUT2D eigenvalue weighted by atomic mass is 35.5. The van der Waals surface area contributed by atoms with E-state index in [1.54, 1.807) is 49.4 Å². The summed E-state index contributed by atoms with van der Waals surface area (Å²) in [6.45, 7) is 3.42. The maximum Gasteiger partial charge on any atom is 0.323 e. The number of aliphatic carboxylic acids is 1. The number of halogens is 1. The Morgan fingerprint density at radius 2 is 1.76 bits per heavy atom. The van der Waals surface area contributed by atoms with Crippen LogP contribution in [0, 0.1) is 13.8 Å². The number of nitrogens with zero attached hydrogens (tertiary/aromatic N) is 1. The number of anilines is 1. The van der Waals surface area contributed by atoms with E-state index in [4.69, 9.17) is 16.7 Å². The molecule has 1 N–H and O–H groups in total. The minimum atomic E-state index is -3.51. The minimum Gasteiger partial charge on any atom is -0.480 e. The molecule has 0 fully saturated rings. The largest absolute Gasteiger partial charge is 0.480 e. The van der Waals surface area contributed by atoms with Gasteiger partial charge in [0.1, 0.15) is 6.54 Å². The van der Waals surface area contributed by atoms with Crippen molar-refractivity contribution in [3.05, 3.63) is 58.6 Å². The average Bonchev–Trinajstić information content (AvgIpc) is 2.54. The molecule has 0 bridgehead atoms. The number of hydrogen-bond donors (Lipinski definition) is 1. The van der Waals surface area contributed by atoms with E-state index in [0.29, 0.717) is 10.7 Å². The van der Waals surface area contributed by atoms with Gasteiger partial charge in [0.2, 0.25) is 0 Å². The third kappa shape index (κ3) is 4.96. The van der Waals surface area contributed by atoms with Crippen molar-refractivity contribution < 1.29 is 18.3 Å². The first-order valence-corrected chi connectivity index (χ1v) is 9.75. The molecule has 0 spiro atoms. The monoisotopic (exact) mass is 381 g/mol. The van der Waals surface area contributed by atoms with Gasteiger partial charge in [0, 0.05) is 17.3 Å². The molecule has 0 heterocycles. The third-order valence-electron chi connectivity index (χ3n) is 3.92. The van der Waals surface area contributed by atoms with Crippen molar-refractivity contribution in [3.8, 4) is 0 Å². The van der Waals surface area contributed by atoms with E-state index in [-0.39, 0.29) is 23.7 Å². The molecule has 0 atom stereocenters. The summed E-state index contributed by atoms with van der Waals surface area (Å²) >= 11 is 6.10. The summed E-state index contributed by atoms with van der Waals surface area (Å²) in [6, 6.07) is 11.8. The lowest BCUT2D eigenvalue weighted by atomic mass is 10.2. The summed E-state index contributed by atoms with van der Waals surface area (Å²) in [7, 11) is -3.51. The van der Waals surface area contributed by atoms with Crippen LogP contribution in [0.4, 0.5) is 5.69 Å². The SMILES string of the molecule is Cc1ccc(S(=O)(=O)CCN(CC(=O)O)c2cccc(Cl)c2C)cc1. The van der Waals surface area contributed by atoms with E-state index in [9.17, 15) is 13.2 Å². The van der Waals surface area contributed by atoms with Crippen LogP contribution < -0.4 is 4.90 Å². The quantitative estimate of drug-likeness (QED) is 0.796. The van der Waals surface area contributed by atoms with Crippen molar-refractivity contribution >= 4 is 33.1 Å². The molecule has 25 heavy (non-hydrogen) atoms. The Kier molecular flexibility index (Phi) is 6.08. The molecule has 2 aromatic rings. The second-order valence-electron chi connectivity index (χ2n) is 5.83. The Morgan fingerprint density at radius 1 is 1.12 bits per heavy atom. The highest BCUT2D eigenvalue weighted by Gasteiger charge is 2.20. The number of carbonyl (C=O) groups is 1. The molecule has 2 aromatic carbocycles. The molecule has 2 rings (SSSR count). The van der Waals surface area contributed by atoms with Crippen LogP contribution in [0.15, 0.2) is 47.4 Å². The maximum atomic E-state index is 12.5. The van der Waals surface area contributed by atoms with Gasteiger partial charge in [0.15, 0.2) is 9.84 Å². The lowest BCUT2D eigenvalue weighted by Gasteiger charge is -2.25. The fourth-order valence-electron chi connectivity index (χ4n) is 2.48. The molecule has 0 saturated heterocycles. The van der Waals surface area contributed by atoms with Crippen molar-refractivity contribution in [1.82, 2.24) is 0 Å². The van der Waals surface area contributed by atoms with Crippen LogP contribution in [0.2, 0.25) is 5.02 Å². The summed E-state index contributed by atoms with van der Waals surface area (Å²) in [5, 5.41) is 9.67. The van der Waals surface area contributed by atoms with Crippen LogP contribution in [-0.2, 0) is 14.6 Å². The van der Waals surface area contributed by atoms with E-state index in [2.05, 4.69) is 0 Å². The van der Waals surface area contributed by atoms with Gasteiger partial charge in [-0.3, -0.25) is 4.79 Å². The predicted molar refractivity (Wildman–Crippen MR) is 99.3 cm³/mol. The number of aryl methyl sites for hydroxylation is 1. The average molecular weight is 382 g/mol. The molecule has 0 aliphatic heterocycles. The summed E-state index contributed by atoms with van der Waals surface area (Å²) < 4.78 is 25.0. The maximum absolute atomic E-state index is 12.5. The highest BCUT2D eigenvalue weighted by Crippen LogP contribution is 2.26. The first-order valence-electron chi connectivity index (χ1n) is 7.72. The molecule has 0 amide bonds. The predicted octanol–water partition coefficient (Wildman–Crippen LogP) is 3.32. The van der Waals surface area contributed by atoms with Crippen molar-refractivity contribution in [3.63, 3.8) is 0 Å². The van der Waals surface area contributed by atoms with Crippen LogP contribution in [0.1, 0.15) is 11.1 Å². The van der Waals surface area contributed by atoms with E-state index in [1.165, 1.54) is 4.90 Å². The van der Waals surface area contributed by atoms with Gasteiger partial charge in [-0.05, 0) is 43.7 Å². The van der Waals surface area contributed by atoms with E-state index in [0.717, 1.165) is 11.1 Å². The molecular formula is C18H20ClNO4S. The lowest BCUT2D eigenvalue weighted by molar-refractivity contribution is -0.135. The number of carboxylic acids is 1. The van der Waals surface area contributed by atoms with Crippen LogP contribution in [-0.4, -0.2) is 38.3 Å². The highest BCUT2D eigenvalue weighted by molar-refractivity contribution is 7.91. The second-order valence-corrected chi connectivity index (χ2v) is 8.35. The third-order valence-corrected chi connectivity index (χ3v) is 6.04. The van der Waals surface area contributed by atoms with Gasteiger partial charge in [0.05, 0.1) is 10.6 Å². The minimum absolute atomic E-state index is 0.0592. The van der Waals surface area contributed by atoms with Gasteiger partial charge >= 0.3 is 5.97 Å². The first-order chi connectivity index (χ1) is 11.7. The van der Waals surface area contributed by atoms with Gasteiger partial charge in [-0.1, -0.05) is 35.4 Å². The first kappa shape index (κ1) is 19.3. The van der Waals surface area contributed by atoms with E-state index in [1.807, 2.05) is 6.92 Å². The van der Waals surface area contributed by atoms with Crippen molar-refractivity contribution in [2.75, 3.05) is 23.7 Å². The number of hydrogen-bond acceptors (Lipinski definition) is 4. The Labute approximate surface area is 152 Å². The second kappa shape index (κ2) is 7.89. The van der Waals surface area contributed by atoms with Crippen molar-refractivity contribution in [2.24, 2.45) is 0 Å². The van der Waals surface area contributed by atoms with Crippen molar-refractivity contribution in [1.29, 1.82) is 0 Å². The molecule has 5 nitrogen and oxygen atoms in total. The molecule has 0 aromatic heterocycles. The smallest absolute Gasteiger partial charge is 0.323 e. The van der Waals surface area contributed by atoms with Crippen LogP contribution in [0.25, 0.3) is 0 Å². The van der Waals surface area contributed by atoms with Gasteiger partial charge < -0.3 is 10.0 Å². The Balaban J connectivity index is 2.24. The standard InChI is InChI=1S/C18H20ClNO4S/c1-13-6-8-15(9-7-13)25(23,24)11-10-20(12-18(21)22)17-5-3-4-16(19)14(17)2/h3-9H,10-12H2,1-2H3,(H,21,22). The van der Waals surface area contributed by atoms with Crippen LogP contribution in [0.3, 0.4) is 0 Å². The Morgan fingerprint density at radius 3 is 2.36 bits per heavy atom. The molecule has 134 valence electrons. The zero-order valence-electron chi connectivity index (χ0n) is 14.1. The zero-order chi connectivity index (χ0) is 18.6. The molecule has 0 saturated carbocycles. The zero-order valence-corrected chi connectivity index (χ0v) is 15.6. The van der Waals surface area contributed by atoms with Crippen molar-refractivity contribution in [2.45, 2.75) is 18.7 Å². The molecule has 0 radical (unpaired) electrons. The summed E-state index contributed by atoms with van der Waals surface area (Å²) in [6.07, 6.45) is 0. The summed E-state index contributed by atoms with van der Waals surface area (Å²) in [4.78, 5) is 12.9. The van der Waals surface area contributed by atoms with Gasteiger partial charge in [-0.15, -0.1) is 0 Å². The number of benzene rings is 2. The molecular weight excluding hydrogens is 362 g/mol. The topological polar surface area (TPSA) is 74.7 Å². The summed E-state index contributed by atoms with van der Waals surface area (Å²) in [5.74, 6) is -1.22. The normalized spacial score (nSPS) is 11.3. The molecule has 0 unspecified atom stereocenters. The molecule has 0 aliphatic carbocycles. The molecule has 0 aliphatic rings. The van der Waals surface area contributed by atoms with Crippen LogP contribution >= 0.6 is 11.6 Å². The van der Waals surface area contributed by atoms with Gasteiger partial charge in [-0.2, -0.15) is 0 Å². The number of rotatable bonds is 7. The van der Waals surface area contributed by atoms with E-state index >= 15 is 0 Å². The Hall–Kier alpha value is -2.05. The Bertz CT molecular complexity index is 863. The lowest BCUT2D eigenvalue weighted by Crippen LogP contribution is -2.34. The number of sulfone groups is 1. The fraction of sp³-hybridized carbons (Fsp3) is 0.278. The number of carboxylic acid groups (broad SMARTS) is 1. The fourth-order valence-corrected chi connectivity index (χ4v) is 3.90. The van der Waals surface area contributed by atoms with Gasteiger partial charge in [-0.25, -0.2) is 8.42 Å². The van der Waals surface area contributed by atoms with E-state index < -0.39 is 15.8 Å². The summed E-state index contributed by atoms with van der Waals surface area (Å²) in [5.41, 5.74) is 2.31.